The number of rotatable bonds is 6. The molecule has 1 rings (SSSR count). The topological polar surface area (TPSA) is 21.3 Å². The number of hydrogen-bond acceptors (Lipinski definition) is 2. The van der Waals surface area contributed by atoms with Crippen LogP contribution in [0.1, 0.15) is 19.4 Å². The van der Waals surface area contributed by atoms with Crippen LogP contribution in [0, 0.1) is 5.82 Å². The second-order valence-corrected chi connectivity index (χ2v) is 3.94. The van der Waals surface area contributed by atoms with Crippen LogP contribution in [0.3, 0.4) is 0 Å². The lowest BCUT2D eigenvalue weighted by Gasteiger charge is -2.23. The lowest BCUT2D eigenvalue weighted by Crippen LogP contribution is -2.40. The van der Waals surface area contributed by atoms with Crippen LogP contribution in [0.2, 0.25) is 0 Å². The van der Waals surface area contributed by atoms with E-state index in [-0.39, 0.29) is 18.0 Å². The second kappa shape index (κ2) is 6.61. The Morgan fingerprint density at radius 2 is 2.19 bits per heavy atom. The molecule has 0 saturated carbocycles. The van der Waals surface area contributed by atoms with Crippen molar-refractivity contribution in [2.75, 3.05) is 13.7 Å². The third-order valence-electron chi connectivity index (χ3n) is 2.75. The van der Waals surface area contributed by atoms with Crippen LogP contribution in [-0.2, 0) is 11.2 Å². The van der Waals surface area contributed by atoms with Gasteiger partial charge in [0.15, 0.2) is 0 Å². The fourth-order valence-electron chi connectivity index (χ4n) is 1.75. The van der Waals surface area contributed by atoms with Crippen molar-refractivity contribution in [1.29, 1.82) is 0 Å². The molecule has 3 heteroatoms. The van der Waals surface area contributed by atoms with E-state index in [1.54, 1.807) is 19.2 Å². The van der Waals surface area contributed by atoms with Gasteiger partial charge in [-0.1, -0.05) is 19.1 Å². The summed E-state index contributed by atoms with van der Waals surface area (Å²) < 4.78 is 18.3. The van der Waals surface area contributed by atoms with Crippen LogP contribution in [-0.4, -0.2) is 25.8 Å². The molecule has 0 aliphatic heterocycles. The van der Waals surface area contributed by atoms with Crippen molar-refractivity contribution in [3.05, 3.63) is 35.6 Å². The predicted octanol–water partition coefficient (Wildman–Crippen LogP) is 2.38. The summed E-state index contributed by atoms with van der Waals surface area (Å²) in [5.41, 5.74) is 0.995. The van der Waals surface area contributed by atoms with Gasteiger partial charge < -0.3 is 10.1 Å². The highest BCUT2D eigenvalue weighted by Crippen LogP contribution is 2.09. The molecule has 2 unspecified atom stereocenters. The molecule has 0 aliphatic rings. The average molecular weight is 225 g/mol. The first-order valence-electron chi connectivity index (χ1n) is 5.68. The molecular formula is C13H20FNO. The third-order valence-corrected chi connectivity index (χ3v) is 2.75. The normalized spacial score (nSPS) is 14.8. The van der Waals surface area contributed by atoms with E-state index in [2.05, 4.69) is 12.2 Å². The first-order valence-corrected chi connectivity index (χ1v) is 5.68. The van der Waals surface area contributed by atoms with E-state index >= 15 is 0 Å². The van der Waals surface area contributed by atoms with Crippen molar-refractivity contribution in [3.8, 4) is 0 Å². The van der Waals surface area contributed by atoms with Crippen LogP contribution in [0.5, 0.6) is 0 Å². The standard InChI is InChI=1S/C13H20FNO/c1-4-15-13(10(2)16-3)9-11-6-5-7-12(14)8-11/h5-8,10,13,15H,4,9H2,1-3H3. The van der Waals surface area contributed by atoms with Gasteiger partial charge in [0.05, 0.1) is 6.10 Å². The first kappa shape index (κ1) is 13.1. The molecule has 1 aromatic carbocycles. The minimum absolute atomic E-state index is 0.114. The largest absolute Gasteiger partial charge is 0.380 e. The van der Waals surface area contributed by atoms with Crippen LogP contribution in [0.15, 0.2) is 24.3 Å². The van der Waals surface area contributed by atoms with E-state index < -0.39 is 0 Å². The molecule has 90 valence electrons. The Morgan fingerprint density at radius 3 is 2.75 bits per heavy atom. The summed E-state index contributed by atoms with van der Waals surface area (Å²) in [6, 6.07) is 6.94. The van der Waals surface area contributed by atoms with E-state index in [0.29, 0.717) is 0 Å². The number of likely N-dealkylation sites (N-methyl/N-ethyl adjacent to an activating group) is 1. The first-order chi connectivity index (χ1) is 7.67. The van der Waals surface area contributed by atoms with E-state index in [1.165, 1.54) is 6.07 Å². The van der Waals surface area contributed by atoms with Crippen LogP contribution < -0.4 is 5.32 Å². The smallest absolute Gasteiger partial charge is 0.123 e. The van der Waals surface area contributed by atoms with Gasteiger partial charge in [0.2, 0.25) is 0 Å². The van der Waals surface area contributed by atoms with Crippen LogP contribution >= 0.6 is 0 Å². The number of ether oxygens (including phenoxy) is 1. The summed E-state index contributed by atoms with van der Waals surface area (Å²) in [6.07, 6.45) is 0.892. The molecule has 1 aromatic rings. The number of hydrogen-bond donors (Lipinski definition) is 1. The predicted molar refractivity (Wildman–Crippen MR) is 64.0 cm³/mol. The fraction of sp³-hybridized carbons (Fsp3) is 0.538. The third kappa shape index (κ3) is 3.91. The quantitative estimate of drug-likeness (QED) is 0.802. The summed E-state index contributed by atoms with van der Waals surface area (Å²) in [7, 11) is 1.70. The van der Waals surface area contributed by atoms with E-state index in [0.717, 1.165) is 18.5 Å². The van der Waals surface area contributed by atoms with Gasteiger partial charge in [-0.25, -0.2) is 4.39 Å². The van der Waals surface area contributed by atoms with Crippen molar-refractivity contribution in [1.82, 2.24) is 5.32 Å². The monoisotopic (exact) mass is 225 g/mol. The highest BCUT2D eigenvalue weighted by molar-refractivity contribution is 5.17. The average Bonchev–Trinajstić information content (AvgIpc) is 2.27. The van der Waals surface area contributed by atoms with Gasteiger partial charge in [-0.3, -0.25) is 0 Å². The maximum atomic E-state index is 13.0. The maximum Gasteiger partial charge on any atom is 0.123 e. The Balaban J connectivity index is 2.67. The molecular weight excluding hydrogens is 205 g/mol. The van der Waals surface area contributed by atoms with Gasteiger partial charge in [0.1, 0.15) is 5.82 Å². The summed E-state index contributed by atoms with van der Waals surface area (Å²) >= 11 is 0. The molecule has 0 heterocycles. The SMILES string of the molecule is CCNC(Cc1cccc(F)c1)C(C)OC. The second-order valence-electron chi connectivity index (χ2n) is 3.94. The summed E-state index contributed by atoms with van der Waals surface area (Å²) in [5, 5.41) is 3.35. The molecule has 0 aromatic heterocycles. The Labute approximate surface area is 96.8 Å². The fourth-order valence-corrected chi connectivity index (χ4v) is 1.75. The molecule has 16 heavy (non-hydrogen) atoms. The van der Waals surface area contributed by atoms with Gasteiger partial charge in [-0.2, -0.15) is 0 Å². The molecule has 0 amide bonds. The van der Waals surface area contributed by atoms with Crippen molar-refractivity contribution >= 4 is 0 Å². The van der Waals surface area contributed by atoms with Gasteiger partial charge >= 0.3 is 0 Å². The van der Waals surface area contributed by atoms with Crippen molar-refractivity contribution in [2.45, 2.75) is 32.4 Å². The van der Waals surface area contributed by atoms with Crippen molar-refractivity contribution < 1.29 is 9.13 Å². The highest BCUT2D eigenvalue weighted by atomic mass is 19.1. The number of methoxy groups -OCH3 is 1. The van der Waals surface area contributed by atoms with E-state index in [1.807, 2.05) is 13.0 Å². The van der Waals surface area contributed by atoms with E-state index in [4.69, 9.17) is 4.74 Å². The molecule has 2 nitrogen and oxygen atoms in total. The van der Waals surface area contributed by atoms with Gasteiger partial charge in [-0.15, -0.1) is 0 Å². The summed E-state index contributed by atoms with van der Waals surface area (Å²) in [4.78, 5) is 0. The van der Waals surface area contributed by atoms with Gasteiger partial charge in [-0.05, 0) is 37.6 Å². The number of halogens is 1. The Bertz CT molecular complexity index is 317. The van der Waals surface area contributed by atoms with Crippen molar-refractivity contribution in [2.24, 2.45) is 0 Å². The molecule has 0 radical (unpaired) electrons. The maximum absolute atomic E-state index is 13.0. The zero-order valence-electron chi connectivity index (χ0n) is 10.2. The Kier molecular flexibility index (Phi) is 5.43. The zero-order chi connectivity index (χ0) is 12.0. The number of benzene rings is 1. The summed E-state index contributed by atoms with van der Waals surface area (Å²) in [6.45, 7) is 4.96. The van der Waals surface area contributed by atoms with Gasteiger partial charge in [0.25, 0.3) is 0 Å². The molecule has 0 saturated heterocycles. The highest BCUT2D eigenvalue weighted by Gasteiger charge is 2.16. The summed E-state index contributed by atoms with van der Waals surface area (Å²) in [5.74, 6) is -0.183. The molecule has 0 fully saturated rings. The Morgan fingerprint density at radius 1 is 1.44 bits per heavy atom. The van der Waals surface area contributed by atoms with Crippen LogP contribution in [0.4, 0.5) is 4.39 Å². The molecule has 1 N–H and O–H groups in total. The van der Waals surface area contributed by atoms with Crippen molar-refractivity contribution in [3.63, 3.8) is 0 Å². The molecule has 0 spiro atoms. The lowest BCUT2D eigenvalue weighted by atomic mass is 10.0. The minimum Gasteiger partial charge on any atom is -0.380 e. The van der Waals surface area contributed by atoms with Gasteiger partial charge in [0, 0.05) is 13.2 Å². The molecule has 0 aliphatic carbocycles. The molecule has 2 atom stereocenters. The lowest BCUT2D eigenvalue weighted by molar-refractivity contribution is 0.0836. The van der Waals surface area contributed by atoms with E-state index in [9.17, 15) is 4.39 Å². The molecule has 0 bridgehead atoms. The number of nitrogens with one attached hydrogen (secondary N) is 1. The van der Waals surface area contributed by atoms with Crippen LogP contribution in [0.25, 0.3) is 0 Å². The minimum atomic E-state index is -0.183. The Hall–Kier alpha value is -0.930. The zero-order valence-corrected chi connectivity index (χ0v) is 10.2.